The number of piperazine rings is 1. The van der Waals surface area contributed by atoms with Gasteiger partial charge in [0, 0.05) is 50.9 Å². The lowest BCUT2D eigenvalue weighted by molar-refractivity contribution is -0.385. The highest BCUT2D eigenvalue weighted by molar-refractivity contribution is 5.74. The zero-order chi connectivity index (χ0) is 16.1. The number of nitro benzene ring substituents is 1. The van der Waals surface area contributed by atoms with Crippen LogP contribution in [-0.4, -0.2) is 53.5 Å². The van der Waals surface area contributed by atoms with E-state index in [1.807, 2.05) is 19.9 Å². The fourth-order valence-electron chi connectivity index (χ4n) is 2.68. The van der Waals surface area contributed by atoms with Gasteiger partial charge in [-0.3, -0.25) is 15.0 Å². The number of nitrogens with one attached hydrogen (secondary N) is 1. The molecule has 0 radical (unpaired) electrons. The molecular formula is C15H22N4O3. The van der Waals surface area contributed by atoms with Crippen molar-refractivity contribution in [2.45, 2.75) is 19.9 Å². The Morgan fingerprint density at radius 2 is 2.05 bits per heavy atom. The first-order valence-corrected chi connectivity index (χ1v) is 7.54. The number of benzene rings is 1. The van der Waals surface area contributed by atoms with E-state index in [1.54, 1.807) is 17.0 Å². The van der Waals surface area contributed by atoms with Crippen molar-refractivity contribution in [3.63, 3.8) is 0 Å². The Morgan fingerprint density at radius 3 is 2.64 bits per heavy atom. The van der Waals surface area contributed by atoms with E-state index in [2.05, 4.69) is 10.2 Å². The van der Waals surface area contributed by atoms with Gasteiger partial charge in [-0.25, -0.2) is 4.79 Å². The summed E-state index contributed by atoms with van der Waals surface area (Å²) in [5.74, 6) is 0. The number of nitro groups is 1. The van der Waals surface area contributed by atoms with Crippen molar-refractivity contribution in [3.8, 4) is 0 Å². The number of carbonyl (C=O) groups is 1. The Morgan fingerprint density at radius 1 is 1.36 bits per heavy atom. The van der Waals surface area contributed by atoms with Gasteiger partial charge in [-0.15, -0.1) is 0 Å². The van der Waals surface area contributed by atoms with Gasteiger partial charge in [0.05, 0.1) is 4.92 Å². The lowest BCUT2D eigenvalue weighted by Gasteiger charge is -2.38. The molecule has 2 amide bonds. The third-order valence-corrected chi connectivity index (χ3v) is 4.04. The topological polar surface area (TPSA) is 78.7 Å². The molecule has 0 spiro atoms. The molecule has 0 aromatic heterocycles. The average molecular weight is 306 g/mol. The van der Waals surface area contributed by atoms with Crippen LogP contribution in [0.25, 0.3) is 0 Å². The normalized spacial score (nSPS) is 17.1. The van der Waals surface area contributed by atoms with E-state index in [1.165, 1.54) is 6.07 Å². The number of nitrogens with zero attached hydrogens (tertiary/aromatic N) is 3. The first-order chi connectivity index (χ1) is 10.5. The summed E-state index contributed by atoms with van der Waals surface area (Å²) in [4.78, 5) is 26.3. The maximum Gasteiger partial charge on any atom is 0.317 e. The second-order valence-corrected chi connectivity index (χ2v) is 5.39. The summed E-state index contributed by atoms with van der Waals surface area (Å²) in [6.45, 7) is 7.45. The second kappa shape index (κ2) is 7.22. The minimum absolute atomic E-state index is 0.0230. The van der Waals surface area contributed by atoms with E-state index in [0.717, 1.165) is 18.7 Å². The highest BCUT2D eigenvalue weighted by Gasteiger charge is 2.25. The van der Waals surface area contributed by atoms with Crippen molar-refractivity contribution < 1.29 is 9.72 Å². The zero-order valence-corrected chi connectivity index (χ0v) is 13.0. The lowest BCUT2D eigenvalue weighted by Crippen LogP contribution is -2.52. The van der Waals surface area contributed by atoms with Crippen LogP contribution in [-0.2, 0) is 0 Å². The van der Waals surface area contributed by atoms with Crippen LogP contribution >= 0.6 is 0 Å². The van der Waals surface area contributed by atoms with Crippen LogP contribution in [0.3, 0.4) is 0 Å². The Balaban J connectivity index is 1.97. The van der Waals surface area contributed by atoms with E-state index in [4.69, 9.17) is 0 Å². The third-order valence-electron chi connectivity index (χ3n) is 4.04. The minimum Gasteiger partial charge on any atom is -0.338 e. The molecule has 0 saturated carbocycles. The maximum absolute atomic E-state index is 11.8. The molecule has 120 valence electrons. The lowest BCUT2D eigenvalue weighted by atomic mass is 10.1. The van der Waals surface area contributed by atoms with E-state index in [9.17, 15) is 14.9 Å². The average Bonchev–Trinajstić information content (AvgIpc) is 2.54. The molecule has 1 unspecified atom stereocenters. The van der Waals surface area contributed by atoms with E-state index >= 15 is 0 Å². The minimum atomic E-state index is -0.372. The van der Waals surface area contributed by atoms with Gasteiger partial charge in [0.1, 0.15) is 0 Å². The quantitative estimate of drug-likeness (QED) is 0.681. The molecule has 1 N–H and O–H groups in total. The second-order valence-electron chi connectivity index (χ2n) is 5.39. The highest BCUT2D eigenvalue weighted by atomic mass is 16.6. The third kappa shape index (κ3) is 3.73. The van der Waals surface area contributed by atoms with Gasteiger partial charge >= 0.3 is 6.03 Å². The van der Waals surface area contributed by atoms with Crippen molar-refractivity contribution >= 4 is 11.7 Å². The van der Waals surface area contributed by atoms with Crippen molar-refractivity contribution in [1.29, 1.82) is 0 Å². The number of non-ortho nitro benzene ring substituents is 1. The van der Waals surface area contributed by atoms with Gasteiger partial charge in [-0.2, -0.15) is 0 Å². The van der Waals surface area contributed by atoms with Crippen molar-refractivity contribution in [3.05, 3.63) is 39.9 Å². The first-order valence-electron chi connectivity index (χ1n) is 7.54. The number of amides is 2. The van der Waals surface area contributed by atoms with E-state index in [-0.39, 0.29) is 22.7 Å². The van der Waals surface area contributed by atoms with Crippen LogP contribution in [0.4, 0.5) is 10.5 Å². The highest BCUT2D eigenvalue weighted by Crippen LogP contribution is 2.24. The number of rotatable bonds is 4. The van der Waals surface area contributed by atoms with Crippen molar-refractivity contribution in [1.82, 2.24) is 15.1 Å². The molecule has 7 nitrogen and oxygen atoms in total. The van der Waals surface area contributed by atoms with Crippen molar-refractivity contribution in [2.24, 2.45) is 0 Å². The fourth-order valence-corrected chi connectivity index (χ4v) is 2.68. The maximum atomic E-state index is 11.8. The number of hydrogen-bond acceptors (Lipinski definition) is 4. The Kier molecular flexibility index (Phi) is 5.32. The molecule has 22 heavy (non-hydrogen) atoms. The number of urea groups is 1. The molecule has 1 aromatic carbocycles. The summed E-state index contributed by atoms with van der Waals surface area (Å²) in [6, 6.07) is 6.83. The van der Waals surface area contributed by atoms with Crippen LogP contribution in [0.2, 0.25) is 0 Å². The molecule has 1 aromatic rings. The van der Waals surface area contributed by atoms with Crippen LogP contribution in [0.15, 0.2) is 24.3 Å². The van der Waals surface area contributed by atoms with Gasteiger partial charge in [-0.1, -0.05) is 12.1 Å². The summed E-state index contributed by atoms with van der Waals surface area (Å²) in [7, 11) is 0. The van der Waals surface area contributed by atoms with Crippen LogP contribution in [0, 0.1) is 10.1 Å². The van der Waals surface area contributed by atoms with Gasteiger partial charge in [-0.05, 0) is 19.4 Å². The van der Waals surface area contributed by atoms with Gasteiger partial charge < -0.3 is 10.2 Å². The Hall–Kier alpha value is -2.15. The van der Waals surface area contributed by atoms with Crippen LogP contribution < -0.4 is 5.32 Å². The summed E-state index contributed by atoms with van der Waals surface area (Å²) >= 11 is 0. The van der Waals surface area contributed by atoms with Crippen molar-refractivity contribution in [2.75, 3.05) is 32.7 Å². The first kappa shape index (κ1) is 16.2. The smallest absolute Gasteiger partial charge is 0.317 e. The van der Waals surface area contributed by atoms with Gasteiger partial charge in [0.2, 0.25) is 0 Å². The largest absolute Gasteiger partial charge is 0.338 e. The molecule has 7 heteroatoms. The fraction of sp³-hybridized carbons (Fsp3) is 0.533. The molecule has 0 aliphatic carbocycles. The summed E-state index contributed by atoms with van der Waals surface area (Å²) < 4.78 is 0. The standard InChI is InChI=1S/C15H22N4O3/c1-3-16-15(20)18-9-7-17(8-10-18)12(2)13-5-4-6-14(11-13)19(21)22/h4-6,11-12H,3,7-10H2,1-2H3,(H,16,20). The Labute approximate surface area is 130 Å². The van der Waals surface area contributed by atoms with E-state index < -0.39 is 0 Å². The molecule has 0 bridgehead atoms. The molecule has 1 heterocycles. The van der Waals surface area contributed by atoms with Crippen LogP contribution in [0.1, 0.15) is 25.5 Å². The Bertz CT molecular complexity index is 541. The summed E-state index contributed by atoms with van der Waals surface area (Å²) in [5.41, 5.74) is 1.05. The predicted octanol–water partition coefficient (Wildman–Crippen LogP) is 2.00. The summed E-state index contributed by atoms with van der Waals surface area (Å²) in [5, 5.41) is 13.7. The van der Waals surface area contributed by atoms with Gasteiger partial charge in [0.25, 0.3) is 5.69 Å². The molecule has 2 rings (SSSR count). The SMILES string of the molecule is CCNC(=O)N1CCN(C(C)c2cccc([N+](=O)[O-])c2)CC1. The molecule has 1 fully saturated rings. The molecule has 1 saturated heterocycles. The molecule has 1 atom stereocenters. The predicted molar refractivity (Wildman–Crippen MR) is 83.7 cm³/mol. The molecular weight excluding hydrogens is 284 g/mol. The van der Waals surface area contributed by atoms with E-state index in [0.29, 0.717) is 19.6 Å². The molecule has 1 aliphatic rings. The monoisotopic (exact) mass is 306 g/mol. The van der Waals surface area contributed by atoms with Crippen LogP contribution in [0.5, 0.6) is 0 Å². The van der Waals surface area contributed by atoms with Gasteiger partial charge in [0.15, 0.2) is 0 Å². The summed E-state index contributed by atoms with van der Waals surface area (Å²) in [6.07, 6.45) is 0. The number of hydrogen-bond donors (Lipinski definition) is 1. The zero-order valence-electron chi connectivity index (χ0n) is 13.0. The number of carbonyl (C=O) groups excluding carboxylic acids is 1. The molecule has 1 aliphatic heterocycles.